The third kappa shape index (κ3) is 4.60. The van der Waals surface area contributed by atoms with Crippen LogP contribution in [0, 0.1) is 6.92 Å². The predicted molar refractivity (Wildman–Crippen MR) is 99.4 cm³/mol. The second kappa shape index (κ2) is 7.83. The van der Waals surface area contributed by atoms with E-state index in [-0.39, 0.29) is 0 Å². The first-order valence-electron chi connectivity index (χ1n) is 8.12. The van der Waals surface area contributed by atoms with Gasteiger partial charge in [-0.2, -0.15) is 0 Å². The van der Waals surface area contributed by atoms with Gasteiger partial charge in [0.2, 0.25) is 0 Å². The number of likely N-dealkylation sites (N-methyl/N-ethyl adjacent to an activating group) is 1. The van der Waals surface area contributed by atoms with Crippen molar-refractivity contribution in [2.45, 2.75) is 20.8 Å². The molecule has 5 nitrogen and oxygen atoms in total. The molecule has 0 fully saturated rings. The Morgan fingerprint density at radius 1 is 1.26 bits per heavy atom. The number of nitrogens with one attached hydrogen (secondary N) is 2. The molecule has 23 heavy (non-hydrogen) atoms. The first-order chi connectivity index (χ1) is 11.0. The Labute approximate surface area is 138 Å². The van der Waals surface area contributed by atoms with E-state index in [2.05, 4.69) is 47.0 Å². The SMILES string of the molecule is C=C(NCCN(CC)CC)Nc1ccc2nc(N)cc(C)c2c1. The molecule has 0 saturated heterocycles. The number of nitrogen functional groups attached to an aromatic ring is 1. The van der Waals surface area contributed by atoms with Gasteiger partial charge in [0, 0.05) is 24.2 Å². The van der Waals surface area contributed by atoms with Crippen molar-refractivity contribution in [3.05, 3.63) is 42.2 Å². The van der Waals surface area contributed by atoms with Crippen LogP contribution in [0.15, 0.2) is 36.7 Å². The van der Waals surface area contributed by atoms with Gasteiger partial charge in [0.25, 0.3) is 0 Å². The number of rotatable bonds is 8. The zero-order valence-electron chi connectivity index (χ0n) is 14.3. The standard InChI is InChI=1S/C18H27N5/c1-5-23(6-2)10-9-20-14(4)21-15-7-8-17-16(12-15)13(3)11-18(19)22-17/h7-8,11-12,20-21H,4-6,9-10H2,1-3H3,(H2,19,22). The summed E-state index contributed by atoms with van der Waals surface area (Å²) in [5.41, 5.74) is 8.82. The summed E-state index contributed by atoms with van der Waals surface area (Å²) in [6.07, 6.45) is 0. The Morgan fingerprint density at radius 3 is 2.70 bits per heavy atom. The number of anilines is 2. The van der Waals surface area contributed by atoms with Crippen LogP contribution in [-0.4, -0.2) is 36.1 Å². The van der Waals surface area contributed by atoms with Crippen molar-refractivity contribution in [3.8, 4) is 0 Å². The molecule has 0 spiro atoms. The lowest BCUT2D eigenvalue weighted by atomic mass is 10.1. The molecule has 4 N–H and O–H groups in total. The molecule has 2 aromatic rings. The van der Waals surface area contributed by atoms with E-state index < -0.39 is 0 Å². The van der Waals surface area contributed by atoms with Gasteiger partial charge in [-0.05, 0) is 49.8 Å². The molecule has 1 aromatic carbocycles. The number of fused-ring (bicyclic) bond motifs is 1. The third-order valence-corrected chi connectivity index (χ3v) is 3.99. The second-order valence-corrected chi connectivity index (χ2v) is 5.65. The van der Waals surface area contributed by atoms with Gasteiger partial charge in [-0.3, -0.25) is 0 Å². The van der Waals surface area contributed by atoms with E-state index in [1.807, 2.05) is 25.1 Å². The number of hydrogen-bond donors (Lipinski definition) is 3. The molecule has 0 atom stereocenters. The molecule has 1 heterocycles. The lowest BCUT2D eigenvalue weighted by Crippen LogP contribution is -2.32. The van der Waals surface area contributed by atoms with E-state index in [4.69, 9.17) is 5.73 Å². The van der Waals surface area contributed by atoms with Crippen LogP contribution in [0.3, 0.4) is 0 Å². The van der Waals surface area contributed by atoms with Crippen LogP contribution in [0.5, 0.6) is 0 Å². The minimum Gasteiger partial charge on any atom is -0.384 e. The van der Waals surface area contributed by atoms with Crippen LogP contribution in [0.4, 0.5) is 11.5 Å². The molecular weight excluding hydrogens is 286 g/mol. The van der Waals surface area contributed by atoms with E-state index in [1.165, 1.54) is 0 Å². The van der Waals surface area contributed by atoms with Gasteiger partial charge in [-0.25, -0.2) is 4.98 Å². The topological polar surface area (TPSA) is 66.2 Å². The fraction of sp³-hybridized carbons (Fsp3) is 0.389. The molecule has 0 bridgehead atoms. The summed E-state index contributed by atoms with van der Waals surface area (Å²) >= 11 is 0. The van der Waals surface area contributed by atoms with Gasteiger partial charge in [0.1, 0.15) is 5.82 Å². The zero-order chi connectivity index (χ0) is 16.8. The number of nitrogens with zero attached hydrogens (tertiary/aromatic N) is 2. The quantitative estimate of drug-likeness (QED) is 0.699. The molecule has 0 radical (unpaired) electrons. The Kier molecular flexibility index (Phi) is 5.82. The molecule has 5 heteroatoms. The average molecular weight is 313 g/mol. The highest BCUT2D eigenvalue weighted by atomic mass is 15.2. The largest absolute Gasteiger partial charge is 0.384 e. The maximum Gasteiger partial charge on any atom is 0.124 e. The molecule has 0 saturated carbocycles. The Balaban J connectivity index is 1.97. The summed E-state index contributed by atoms with van der Waals surface area (Å²) in [6.45, 7) is 14.4. The molecule has 0 aliphatic heterocycles. The summed E-state index contributed by atoms with van der Waals surface area (Å²) in [5, 5.41) is 7.72. The first-order valence-corrected chi connectivity index (χ1v) is 8.12. The Hall–Kier alpha value is -2.27. The van der Waals surface area contributed by atoms with E-state index >= 15 is 0 Å². The second-order valence-electron chi connectivity index (χ2n) is 5.65. The van der Waals surface area contributed by atoms with Crippen LogP contribution in [0.1, 0.15) is 19.4 Å². The van der Waals surface area contributed by atoms with Crippen molar-refractivity contribution < 1.29 is 0 Å². The highest BCUT2D eigenvalue weighted by Crippen LogP contribution is 2.23. The van der Waals surface area contributed by atoms with E-state index in [1.54, 1.807) is 0 Å². The van der Waals surface area contributed by atoms with Crippen molar-refractivity contribution in [1.29, 1.82) is 0 Å². The summed E-state index contributed by atoms with van der Waals surface area (Å²) < 4.78 is 0. The Bertz CT molecular complexity index is 676. The number of benzene rings is 1. The molecular formula is C18H27N5. The van der Waals surface area contributed by atoms with Crippen LogP contribution in [-0.2, 0) is 0 Å². The average Bonchev–Trinajstić information content (AvgIpc) is 2.52. The van der Waals surface area contributed by atoms with E-state index in [9.17, 15) is 0 Å². The third-order valence-electron chi connectivity index (χ3n) is 3.99. The minimum atomic E-state index is 0.554. The molecule has 124 valence electrons. The number of hydrogen-bond acceptors (Lipinski definition) is 5. The summed E-state index contributed by atoms with van der Waals surface area (Å²) in [4.78, 5) is 6.72. The maximum atomic E-state index is 5.79. The molecule has 2 rings (SSSR count). The van der Waals surface area contributed by atoms with Gasteiger partial charge in [0.05, 0.1) is 11.3 Å². The number of aromatic nitrogens is 1. The zero-order valence-corrected chi connectivity index (χ0v) is 14.3. The van der Waals surface area contributed by atoms with Crippen LogP contribution < -0.4 is 16.4 Å². The molecule has 0 aliphatic rings. The van der Waals surface area contributed by atoms with Crippen LogP contribution in [0.2, 0.25) is 0 Å². The fourth-order valence-corrected chi connectivity index (χ4v) is 2.62. The Morgan fingerprint density at radius 2 is 2.00 bits per heavy atom. The smallest absolute Gasteiger partial charge is 0.124 e. The van der Waals surface area contributed by atoms with Gasteiger partial charge >= 0.3 is 0 Å². The van der Waals surface area contributed by atoms with Crippen molar-refractivity contribution in [1.82, 2.24) is 15.2 Å². The van der Waals surface area contributed by atoms with E-state index in [0.29, 0.717) is 5.82 Å². The summed E-state index contributed by atoms with van der Waals surface area (Å²) in [6, 6.07) is 7.94. The number of pyridine rings is 1. The lowest BCUT2D eigenvalue weighted by Gasteiger charge is -2.19. The van der Waals surface area contributed by atoms with Crippen LogP contribution >= 0.6 is 0 Å². The van der Waals surface area contributed by atoms with Gasteiger partial charge in [-0.1, -0.05) is 20.4 Å². The summed E-state index contributed by atoms with van der Waals surface area (Å²) in [7, 11) is 0. The highest BCUT2D eigenvalue weighted by molar-refractivity contribution is 5.86. The van der Waals surface area contributed by atoms with Crippen molar-refractivity contribution in [2.75, 3.05) is 37.2 Å². The predicted octanol–water partition coefficient (Wildman–Crippen LogP) is 2.94. The highest BCUT2D eigenvalue weighted by Gasteiger charge is 2.04. The van der Waals surface area contributed by atoms with Gasteiger partial charge < -0.3 is 21.3 Å². The number of aryl methyl sites for hydroxylation is 1. The molecule has 1 aromatic heterocycles. The normalized spacial score (nSPS) is 11.0. The van der Waals surface area contributed by atoms with Crippen molar-refractivity contribution in [3.63, 3.8) is 0 Å². The van der Waals surface area contributed by atoms with Crippen molar-refractivity contribution in [2.24, 2.45) is 0 Å². The molecule has 0 amide bonds. The van der Waals surface area contributed by atoms with E-state index in [0.717, 1.165) is 54.2 Å². The lowest BCUT2D eigenvalue weighted by molar-refractivity contribution is 0.306. The molecule has 0 aliphatic carbocycles. The number of nitrogens with two attached hydrogens (primary N) is 1. The summed E-state index contributed by atoms with van der Waals surface area (Å²) in [5.74, 6) is 1.36. The maximum absolute atomic E-state index is 5.79. The van der Waals surface area contributed by atoms with Gasteiger partial charge in [-0.15, -0.1) is 0 Å². The minimum absolute atomic E-state index is 0.554. The van der Waals surface area contributed by atoms with Crippen molar-refractivity contribution >= 4 is 22.4 Å². The fourth-order valence-electron chi connectivity index (χ4n) is 2.62. The van der Waals surface area contributed by atoms with Crippen LogP contribution in [0.25, 0.3) is 10.9 Å². The van der Waals surface area contributed by atoms with Gasteiger partial charge in [0.15, 0.2) is 0 Å². The first kappa shape index (κ1) is 17.1. The monoisotopic (exact) mass is 313 g/mol. The molecule has 0 unspecified atom stereocenters.